The van der Waals surface area contributed by atoms with E-state index in [0.29, 0.717) is 5.56 Å². The fraction of sp³-hybridized carbons (Fsp3) is 0.333. The molecule has 0 aliphatic carbocycles. The molecule has 0 aromatic heterocycles. The third-order valence-electron chi connectivity index (χ3n) is 1.83. The van der Waals surface area contributed by atoms with E-state index in [1.165, 1.54) is 12.1 Å². The summed E-state index contributed by atoms with van der Waals surface area (Å²) in [6.45, 7) is 2.06. The quantitative estimate of drug-likeness (QED) is 0.713. The van der Waals surface area contributed by atoms with Crippen LogP contribution in [0.15, 0.2) is 24.3 Å². The maximum Gasteiger partial charge on any atom is 0.124 e. The highest BCUT2D eigenvalue weighted by Crippen LogP contribution is 2.01. The largest absolute Gasteiger partial charge is 0.318 e. The van der Waals surface area contributed by atoms with Gasteiger partial charge in [0.2, 0.25) is 0 Å². The molecule has 0 saturated carbocycles. The van der Waals surface area contributed by atoms with Gasteiger partial charge in [-0.05, 0) is 24.6 Å². The minimum Gasteiger partial charge on any atom is -0.318 e. The van der Waals surface area contributed by atoms with E-state index in [1.807, 2.05) is 0 Å². The molecular weight excluding hydrogens is 177 g/mol. The lowest BCUT2D eigenvalue weighted by molar-refractivity contribution is 0.627. The fourth-order valence-corrected chi connectivity index (χ4v) is 1.13. The van der Waals surface area contributed by atoms with Gasteiger partial charge in [0.1, 0.15) is 5.82 Å². The Hall–Kier alpha value is -1.33. The summed E-state index contributed by atoms with van der Waals surface area (Å²) in [6.07, 6.45) is 1.89. The summed E-state index contributed by atoms with van der Waals surface area (Å²) in [7, 11) is 0. The second kappa shape index (κ2) is 5.41. The summed E-state index contributed by atoms with van der Waals surface area (Å²) in [5, 5.41) is 0. The van der Waals surface area contributed by atoms with Crippen LogP contribution in [-0.4, -0.2) is 6.04 Å². The number of rotatable bonds is 2. The third kappa shape index (κ3) is 3.59. The third-order valence-corrected chi connectivity index (χ3v) is 1.83. The van der Waals surface area contributed by atoms with Crippen LogP contribution in [0.3, 0.4) is 0 Å². The number of benzene rings is 1. The first kappa shape index (κ1) is 10.7. The van der Waals surface area contributed by atoms with Crippen molar-refractivity contribution in [3.63, 3.8) is 0 Å². The Labute approximate surface area is 84.1 Å². The Morgan fingerprint density at radius 1 is 1.50 bits per heavy atom. The smallest absolute Gasteiger partial charge is 0.124 e. The summed E-state index contributed by atoms with van der Waals surface area (Å²) in [5.74, 6) is 5.48. The minimum absolute atomic E-state index is 0.108. The zero-order valence-corrected chi connectivity index (χ0v) is 8.26. The molecule has 0 radical (unpaired) electrons. The molecule has 0 bridgehead atoms. The Bertz CT molecular complexity index is 349. The number of hydrogen-bond donors (Lipinski definition) is 1. The molecule has 0 saturated heterocycles. The topological polar surface area (TPSA) is 26.0 Å². The first-order valence-electron chi connectivity index (χ1n) is 4.75. The van der Waals surface area contributed by atoms with Crippen LogP contribution in [0.2, 0.25) is 0 Å². The van der Waals surface area contributed by atoms with Crippen LogP contribution in [-0.2, 0) is 0 Å². The molecular formula is C12H14FN. The number of hydrogen-bond acceptors (Lipinski definition) is 1. The molecule has 14 heavy (non-hydrogen) atoms. The van der Waals surface area contributed by atoms with Gasteiger partial charge in [-0.15, -0.1) is 0 Å². The first-order chi connectivity index (χ1) is 6.72. The van der Waals surface area contributed by atoms with Gasteiger partial charge in [-0.25, -0.2) is 4.39 Å². The fourth-order valence-electron chi connectivity index (χ4n) is 1.13. The van der Waals surface area contributed by atoms with Crippen LogP contribution in [0, 0.1) is 17.7 Å². The summed E-state index contributed by atoms with van der Waals surface area (Å²) in [5.41, 5.74) is 6.38. The van der Waals surface area contributed by atoms with E-state index in [2.05, 4.69) is 18.8 Å². The molecule has 1 nitrogen and oxygen atoms in total. The molecule has 1 unspecified atom stereocenters. The molecule has 1 atom stereocenters. The normalized spacial score (nSPS) is 11.6. The second-order valence-corrected chi connectivity index (χ2v) is 3.17. The highest BCUT2D eigenvalue weighted by Gasteiger charge is 1.94. The lowest BCUT2D eigenvalue weighted by Crippen LogP contribution is -2.16. The zero-order valence-electron chi connectivity index (χ0n) is 8.26. The van der Waals surface area contributed by atoms with Gasteiger partial charge in [-0.1, -0.05) is 31.3 Å². The number of nitrogens with two attached hydrogens (primary N) is 1. The number of halogens is 1. The molecule has 0 aliphatic heterocycles. The molecule has 74 valence electrons. The van der Waals surface area contributed by atoms with Crippen molar-refractivity contribution in [3.05, 3.63) is 35.6 Å². The van der Waals surface area contributed by atoms with Crippen LogP contribution in [0.5, 0.6) is 0 Å². The molecule has 0 aliphatic rings. The van der Waals surface area contributed by atoms with Gasteiger partial charge < -0.3 is 5.73 Å². The van der Waals surface area contributed by atoms with E-state index < -0.39 is 0 Å². The Kier molecular flexibility index (Phi) is 4.15. The average Bonchev–Trinajstić information content (AvgIpc) is 2.15. The Morgan fingerprint density at radius 2 is 2.29 bits per heavy atom. The molecule has 2 N–H and O–H groups in total. The van der Waals surface area contributed by atoms with Gasteiger partial charge in [-0.3, -0.25) is 0 Å². The first-order valence-corrected chi connectivity index (χ1v) is 4.75. The van der Waals surface area contributed by atoms with E-state index in [9.17, 15) is 4.39 Å². The standard InChI is InChI=1S/C12H14FN/c1-2-4-12(14)8-7-10-5-3-6-11(13)9-10/h3,5-6,9,12H,2,4,14H2,1H3. The van der Waals surface area contributed by atoms with Gasteiger partial charge in [0.05, 0.1) is 6.04 Å². The van der Waals surface area contributed by atoms with Gasteiger partial charge in [0.25, 0.3) is 0 Å². The van der Waals surface area contributed by atoms with Crippen LogP contribution in [0.1, 0.15) is 25.3 Å². The van der Waals surface area contributed by atoms with Crippen molar-refractivity contribution < 1.29 is 4.39 Å². The molecule has 1 aromatic rings. The van der Waals surface area contributed by atoms with Gasteiger partial charge in [0.15, 0.2) is 0 Å². The van der Waals surface area contributed by atoms with E-state index in [1.54, 1.807) is 12.1 Å². The van der Waals surface area contributed by atoms with E-state index in [0.717, 1.165) is 12.8 Å². The highest BCUT2D eigenvalue weighted by molar-refractivity contribution is 5.35. The van der Waals surface area contributed by atoms with Gasteiger partial charge in [0, 0.05) is 5.56 Å². The average molecular weight is 191 g/mol. The molecule has 1 aromatic carbocycles. The second-order valence-electron chi connectivity index (χ2n) is 3.17. The van der Waals surface area contributed by atoms with Crippen molar-refractivity contribution >= 4 is 0 Å². The monoisotopic (exact) mass is 191 g/mol. The van der Waals surface area contributed by atoms with Crippen molar-refractivity contribution in [2.45, 2.75) is 25.8 Å². The Morgan fingerprint density at radius 3 is 2.93 bits per heavy atom. The van der Waals surface area contributed by atoms with Crippen LogP contribution in [0.4, 0.5) is 4.39 Å². The van der Waals surface area contributed by atoms with E-state index in [-0.39, 0.29) is 11.9 Å². The maximum atomic E-state index is 12.7. The van der Waals surface area contributed by atoms with Gasteiger partial charge in [-0.2, -0.15) is 0 Å². The molecule has 2 heteroatoms. The van der Waals surface area contributed by atoms with Crippen LogP contribution >= 0.6 is 0 Å². The molecule has 0 amide bonds. The van der Waals surface area contributed by atoms with Gasteiger partial charge >= 0.3 is 0 Å². The van der Waals surface area contributed by atoms with Crippen molar-refractivity contribution in [2.75, 3.05) is 0 Å². The molecule has 0 heterocycles. The van der Waals surface area contributed by atoms with Crippen molar-refractivity contribution in [2.24, 2.45) is 5.73 Å². The lowest BCUT2D eigenvalue weighted by Gasteiger charge is -1.98. The highest BCUT2D eigenvalue weighted by atomic mass is 19.1. The SMILES string of the molecule is CCCC(N)C#Cc1cccc(F)c1. The summed E-state index contributed by atoms with van der Waals surface area (Å²) >= 11 is 0. The predicted octanol–water partition coefficient (Wildman–Crippen LogP) is 2.30. The van der Waals surface area contributed by atoms with Crippen LogP contribution in [0.25, 0.3) is 0 Å². The summed E-state index contributed by atoms with van der Waals surface area (Å²) in [4.78, 5) is 0. The van der Waals surface area contributed by atoms with E-state index >= 15 is 0 Å². The zero-order chi connectivity index (χ0) is 10.4. The molecule has 0 fully saturated rings. The Balaban J connectivity index is 2.67. The van der Waals surface area contributed by atoms with Crippen molar-refractivity contribution in [3.8, 4) is 11.8 Å². The molecule has 1 rings (SSSR count). The maximum absolute atomic E-state index is 12.7. The van der Waals surface area contributed by atoms with E-state index in [4.69, 9.17) is 5.73 Å². The summed E-state index contributed by atoms with van der Waals surface area (Å²) < 4.78 is 12.7. The minimum atomic E-state index is -0.263. The lowest BCUT2D eigenvalue weighted by atomic mass is 10.1. The predicted molar refractivity (Wildman–Crippen MR) is 56.2 cm³/mol. The van der Waals surface area contributed by atoms with Crippen molar-refractivity contribution in [1.82, 2.24) is 0 Å². The van der Waals surface area contributed by atoms with Crippen LogP contribution < -0.4 is 5.73 Å². The van der Waals surface area contributed by atoms with Crippen molar-refractivity contribution in [1.29, 1.82) is 0 Å². The summed E-state index contributed by atoms with van der Waals surface area (Å²) in [6, 6.07) is 6.12. The molecule has 0 spiro atoms.